The molecule has 2 aromatic rings. The molecule has 4 rings (SSSR count). The highest BCUT2D eigenvalue weighted by atomic mass is 32.2. The number of carbonyl (C=O) groups is 1. The quantitative estimate of drug-likeness (QED) is 0.260. The number of sulfonamides is 1. The molecular formula is C35H53N3O6S. The Kier molecular flexibility index (Phi) is 13.0. The van der Waals surface area contributed by atoms with Crippen LogP contribution in [0.2, 0.25) is 0 Å². The zero-order valence-electron chi connectivity index (χ0n) is 27.8. The summed E-state index contributed by atoms with van der Waals surface area (Å²) in [5.74, 6) is 0.381. The van der Waals surface area contributed by atoms with Gasteiger partial charge in [-0.05, 0) is 101 Å². The Hall–Kier alpha value is -2.37. The molecule has 2 aliphatic heterocycles. The number of rotatable bonds is 15. The zero-order chi connectivity index (χ0) is 32.5. The van der Waals surface area contributed by atoms with E-state index in [0.717, 1.165) is 80.9 Å². The molecule has 0 aliphatic carbocycles. The Morgan fingerprint density at radius 2 is 1.80 bits per heavy atom. The lowest BCUT2D eigenvalue weighted by atomic mass is 9.82. The minimum Gasteiger partial charge on any atom is -0.385 e. The molecule has 250 valence electrons. The van der Waals surface area contributed by atoms with Crippen LogP contribution in [0.4, 0.5) is 0 Å². The first-order chi connectivity index (χ1) is 21.5. The van der Waals surface area contributed by atoms with Crippen LogP contribution in [0.1, 0.15) is 81.3 Å². The van der Waals surface area contributed by atoms with Gasteiger partial charge in [-0.15, -0.1) is 0 Å². The van der Waals surface area contributed by atoms with Crippen LogP contribution in [0, 0.1) is 25.2 Å². The maximum absolute atomic E-state index is 14.1. The first kappa shape index (κ1) is 35.5. The van der Waals surface area contributed by atoms with E-state index >= 15 is 0 Å². The Balaban J connectivity index is 1.45. The van der Waals surface area contributed by atoms with E-state index in [1.54, 1.807) is 23.5 Å². The summed E-state index contributed by atoms with van der Waals surface area (Å²) in [6.07, 6.45) is 6.27. The number of piperidine rings is 1. The third kappa shape index (κ3) is 10.3. The van der Waals surface area contributed by atoms with E-state index < -0.39 is 15.4 Å². The van der Waals surface area contributed by atoms with Crippen molar-refractivity contribution in [3.63, 3.8) is 0 Å². The van der Waals surface area contributed by atoms with E-state index in [-0.39, 0.29) is 29.5 Å². The predicted molar refractivity (Wildman–Crippen MR) is 175 cm³/mol. The molecule has 1 N–H and O–H groups in total. The van der Waals surface area contributed by atoms with E-state index in [2.05, 4.69) is 16.4 Å². The average molecular weight is 644 g/mol. The number of amides is 1. The lowest BCUT2D eigenvalue weighted by molar-refractivity contribution is -0.131. The van der Waals surface area contributed by atoms with Crippen molar-refractivity contribution in [2.24, 2.45) is 11.3 Å². The van der Waals surface area contributed by atoms with Gasteiger partial charge in [0, 0.05) is 62.9 Å². The average Bonchev–Trinajstić information content (AvgIpc) is 3.01. The lowest BCUT2D eigenvalue weighted by Crippen LogP contribution is -2.52. The van der Waals surface area contributed by atoms with Crippen molar-refractivity contribution in [3.8, 4) is 0 Å². The van der Waals surface area contributed by atoms with Gasteiger partial charge in [-0.3, -0.25) is 9.78 Å². The van der Waals surface area contributed by atoms with Crippen LogP contribution < -0.4 is 5.32 Å². The standard InChI is InChI=1S/C35H53N3O6S/c1-26-9-13-33(14-10-26)45(40,41)38-24-32(44-25-29-20-27(2)37-30(21-29)8-6-7-17-42-5)12-11-31(38)22-35(3,4)34(39)36-23-28-15-18-43-19-16-28/h9-10,13-14,20-21,28,31-32H,6-8,11-12,15-19,22-25H2,1-5H3,(H,36,39). The Morgan fingerprint density at radius 1 is 1.07 bits per heavy atom. The predicted octanol–water partition coefficient (Wildman–Crippen LogP) is 5.37. The van der Waals surface area contributed by atoms with E-state index in [1.807, 2.05) is 45.9 Å². The summed E-state index contributed by atoms with van der Waals surface area (Å²) in [5.41, 5.74) is 3.29. The highest BCUT2D eigenvalue weighted by Gasteiger charge is 2.42. The molecule has 2 atom stereocenters. The second kappa shape index (κ2) is 16.5. The molecule has 9 nitrogen and oxygen atoms in total. The van der Waals surface area contributed by atoms with Crippen LogP contribution in [0.3, 0.4) is 0 Å². The van der Waals surface area contributed by atoms with Crippen LogP contribution in [-0.4, -0.2) is 75.8 Å². The molecule has 1 amide bonds. The van der Waals surface area contributed by atoms with Crippen molar-refractivity contribution in [2.45, 2.75) is 103 Å². The highest BCUT2D eigenvalue weighted by molar-refractivity contribution is 7.89. The summed E-state index contributed by atoms with van der Waals surface area (Å²) in [6, 6.07) is 10.8. The summed E-state index contributed by atoms with van der Waals surface area (Å²) in [6.45, 7) is 11.2. The number of nitrogens with zero attached hydrogens (tertiary/aromatic N) is 2. The Morgan fingerprint density at radius 3 is 2.51 bits per heavy atom. The van der Waals surface area contributed by atoms with Gasteiger partial charge in [-0.2, -0.15) is 4.31 Å². The molecule has 10 heteroatoms. The van der Waals surface area contributed by atoms with Crippen molar-refractivity contribution in [1.29, 1.82) is 0 Å². The smallest absolute Gasteiger partial charge is 0.243 e. The number of unbranched alkanes of at least 4 members (excludes halogenated alkanes) is 1. The number of hydrogen-bond acceptors (Lipinski definition) is 7. The third-order valence-corrected chi connectivity index (χ3v) is 11.0. The van der Waals surface area contributed by atoms with Gasteiger partial charge in [0.25, 0.3) is 0 Å². The maximum Gasteiger partial charge on any atom is 0.243 e. The molecule has 45 heavy (non-hydrogen) atoms. The summed E-state index contributed by atoms with van der Waals surface area (Å²) < 4.78 is 46.8. The van der Waals surface area contributed by atoms with Gasteiger partial charge in [0.1, 0.15) is 0 Å². The van der Waals surface area contributed by atoms with Gasteiger partial charge in [-0.1, -0.05) is 31.5 Å². The fourth-order valence-corrected chi connectivity index (χ4v) is 8.03. The fourth-order valence-electron chi connectivity index (χ4n) is 6.34. The van der Waals surface area contributed by atoms with Crippen LogP contribution in [0.15, 0.2) is 41.3 Å². The van der Waals surface area contributed by atoms with Crippen LogP contribution in [0.25, 0.3) is 0 Å². The normalized spacial score (nSPS) is 20.3. The van der Waals surface area contributed by atoms with Crippen molar-refractivity contribution < 1.29 is 27.4 Å². The molecule has 3 heterocycles. The third-order valence-electron chi connectivity index (χ3n) is 9.08. The first-order valence-electron chi connectivity index (χ1n) is 16.5. The van der Waals surface area contributed by atoms with Crippen LogP contribution >= 0.6 is 0 Å². The highest BCUT2D eigenvalue weighted by Crippen LogP contribution is 2.35. The minimum atomic E-state index is -3.81. The molecule has 0 radical (unpaired) electrons. The molecule has 2 saturated heterocycles. The second-order valence-electron chi connectivity index (χ2n) is 13.5. The van der Waals surface area contributed by atoms with Crippen molar-refractivity contribution in [1.82, 2.24) is 14.6 Å². The Bertz CT molecular complexity index is 1340. The molecule has 0 spiro atoms. The molecule has 1 aromatic heterocycles. The Labute approximate surface area is 270 Å². The molecule has 0 bridgehead atoms. The number of carbonyl (C=O) groups excluding carboxylic acids is 1. The molecule has 2 aliphatic rings. The largest absolute Gasteiger partial charge is 0.385 e. The second-order valence-corrected chi connectivity index (χ2v) is 15.4. The molecule has 2 fully saturated rings. The minimum absolute atomic E-state index is 0.0360. The summed E-state index contributed by atoms with van der Waals surface area (Å²) in [4.78, 5) is 18.3. The maximum atomic E-state index is 14.1. The van der Waals surface area contributed by atoms with E-state index in [0.29, 0.717) is 31.9 Å². The van der Waals surface area contributed by atoms with Crippen molar-refractivity contribution in [2.75, 3.05) is 40.0 Å². The number of aryl methyl sites for hydroxylation is 3. The number of hydrogen-bond donors (Lipinski definition) is 1. The van der Waals surface area contributed by atoms with E-state index in [4.69, 9.17) is 14.2 Å². The number of nitrogens with one attached hydrogen (secondary N) is 1. The topological polar surface area (TPSA) is 107 Å². The van der Waals surface area contributed by atoms with E-state index in [1.165, 1.54) is 0 Å². The van der Waals surface area contributed by atoms with Gasteiger partial charge in [-0.25, -0.2) is 8.42 Å². The van der Waals surface area contributed by atoms with E-state index in [9.17, 15) is 13.2 Å². The number of ether oxygens (including phenoxy) is 3. The zero-order valence-corrected chi connectivity index (χ0v) is 28.7. The summed E-state index contributed by atoms with van der Waals surface area (Å²) in [7, 11) is -2.10. The van der Waals surface area contributed by atoms with Crippen molar-refractivity contribution >= 4 is 15.9 Å². The van der Waals surface area contributed by atoms with Gasteiger partial charge in [0.05, 0.1) is 17.6 Å². The number of methoxy groups -OCH3 is 1. The molecule has 1 aromatic carbocycles. The van der Waals surface area contributed by atoms with Gasteiger partial charge >= 0.3 is 0 Å². The van der Waals surface area contributed by atoms with Gasteiger partial charge in [0.15, 0.2) is 0 Å². The fraction of sp³-hybridized carbons (Fsp3) is 0.657. The monoisotopic (exact) mass is 643 g/mol. The molecule has 0 saturated carbocycles. The first-order valence-corrected chi connectivity index (χ1v) is 17.9. The number of aromatic nitrogens is 1. The molecular weight excluding hydrogens is 590 g/mol. The summed E-state index contributed by atoms with van der Waals surface area (Å²) >= 11 is 0. The van der Waals surface area contributed by atoms with Crippen LogP contribution in [0.5, 0.6) is 0 Å². The van der Waals surface area contributed by atoms with Gasteiger partial charge in [0.2, 0.25) is 15.9 Å². The SMILES string of the molecule is COCCCCc1cc(COC2CCC(CC(C)(C)C(=O)NCC3CCOCC3)N(S(=O)(=O)c3ccc(C)cc3)C2)cc(C)n1. The lowest BCUT2D eigenvalue weighted by Gasteiger charge is -2.41. The number of benzene rings is 1. The summed E-state index contributed by atoms with van der Waals surface area (Å²) in [5, 5.41) is 3.15. The van der Waals surface area contributed by atoms with Crippen LogP contribution in [-0.2, 0) is 42.1 Å². The van der Waals surface area contributed by atoms with Crippen molar-refractivity contribution in [3.05, 3.63) is 58.9 Å². The number of pyridine rings is 1. The van der Waals surface area contributed by atoms with Gasteiger partial charge < -0.3 is 19.5 Å². The molecule has 2 unspecified atom stereocenters.